The van der Waals surface area contributed by atoms with Crippen LogP contribution in [0.4, 0.5) is 23.0 Å². The largest absolute Gasteiger partial charge is 0.378 e. The SMILES string of the molecule is Cc1cccc(Nc2nccc(C(=O)Nc3ccc(N(C)C)cc3)n2)c1C. The third-order valence-electron chi connectivity index (χ3n) is 4.38. The minimum Gasteiger partial charge on any atom is -0.378 e. The van der Waals surface area contributed by atoms with Gasteiger partial charge in [-0.1, -0.05) is 12.1 Å². The van der Waals surface area contributed by atoms with Gasteiger partial charge in [0.25, 0.3) is 5.91 Å². The van der Waals surface area contributed by atoms with Gasteiger partial charge in [-0.2, -0.15) is 0 Å². The Kier molecular flexibility index (Phi) is 5.35. The second kappa shape index (κ2) is 7.86. The van der Waals surface area contributed by atoms with E-state index < -0.39 is 0 Å². The van der Waals surface area contributed by atoms with Crippen molar-refractivity contribution in [1.82, 2.24) is 9.97 Å². The maximum absolute atomic E-state index is 12.5. The van der Waals surface area contributed by atoms with Gasteiger partial charge in [0.15, 0.2) is 0 Å². The van der Waals surface area contributed by atoms with Crippen molar-refractivity contribution in [2.75, 3.05) is 29.6 Å². The molecule has 3 aromatic rings. The first-order valence-corrected chi connectivity index (χ1v) is 8.69. The molecule has 6 nitrogen and oxygen atoms in total. The van der Waals surface area contributed by atoms with Gasteiger partial charge in [-0.15, -0.1) is 0 Å². The molecule has 1 heterocycles. The molecule has 0 unspecified atom stereocenters. The molecule has 0 fully saturated rings. The third-order valence-corrected chi connectivity index (χ3v) is 4.38. The Morgan fingerprint density at radius 1 is 1.00 bits per heavy atom. The summed E-state index contributed by atoms with van der Waals surface area (Å²) in [5.74, 6) is 0.110. The summed E-state index contributed by atoms with van der Waals surface area (Å²) in [6.45, 7) is 4.08. The summed E-state index contributed by atoms with van der Waals surface area (Å²) in [6, 6.07) is 15.2. The summed E-state index contributed by atoms with van der Waals surface area (Å²) in [6.07, 6.45) is 1.57. The molecule has 0 atom stereocenters. The van der Waals surface area contributed by atoms with Gasteiger partial charge in [-0.05, 0) is 61.4 Å². The van der Waals surface area contributed by atoms with E-state index in [0.29, 0.717) is 17.3 Å². The first-order valence-electron chi connectivity index (χ1n) is 8.69. The van der Waals surface area contributed by atoms with Crippen LogP contribution in [0.2, 0.25) is 0 Å². The summed E-state index contributed by atoms with van der Waals surface area (Å²) in [4.78, 5) is 23.1. The Morgan fingerprint density at radius 3 is 2.44 bits per heavy atom. The zero-order valence-electron chi connectivity index (χ0n) is 15.9. The third kappa shape index (κ3) is 4.41. The average molecular weight is 361 g/mol. The summed E-state index contributed by atoms with van der Waals surface area (Å²) < 4.78 is 0. The van der Waals surface area contributed by atoms with Gasteiger partial charge in [0.05, 0.1) is 0 Å². The highest BCUT2D eigenvalue weighted by Crippen LogP contribution is 2.21. The number of aryl methyl sites for hydroxylation is 1. The Labute approximate surface area is 159 Å². The minimum absolute atomic E-state index is 0.279. The molecule has 6 heteroatoms. The normalized spacial score (nSPS) is 10.4. The molecule has 0 aliphatic carbocycles. The lowest BCUT2D eigenvalue weighted by Crippen LogP contribution is -2.15. The van der Waals surface area contributed by atoms with Gasteiger partial charge < -0.3 is 15.5 Å². The molecule has 0 radical (unpaired) electrons. The molecule has 27 heavy (non-hydrogen) atoms. The summed E-state index contributed by atoms with van der Waals surface area (Å²) >= 11 is 0. The quantitative estimate of drug-likeness (QED) is 0.714. The number of amides is 1. The van der Waals surface area contributed by atoms with Crippen LogP contribution in [0.15, 0.2) is 54.7 Å². The molecule has 138 valence electrons. The van der Waals surface area contributed by atoms with Crippen LogP contribution in [-0.2, 0) is 0 Å². The highest BCUT2D eigenvalue weighted by molar-refractivity contribution is 6.03. The lowest BCUT2D eigenvalue weighted by molar-refractivity contribution is 0.102. The van der Waals surface area contributed by atoms with Crippen LogP contribution in [-0.4, -0.2) is 30.0 Å². The molecule has 0 aliphatic heterocycles. The van der Waals surface area contributed by atoms with Crippen molar-refractivity contribution >= 4 is 28.9 Å². The van der Waals surface area contributed by atoms with Crippen molar-refractivity contribution in [3.8, 4) is 0 Å². The van der Waals surface area contributed by atoms with Gasteiger partial charge in [0.1, 0.15) is 5.69 Å². The lowest BCUT2D eigenvalue weighted by Gasteiger charge is -2.13. The Hall–Kier alpha value is -3.41. The number of nitrogens with one attached hydrogen (secondary N) is 2. The molecule has 1 aromatic heterocycles. The smallest absolute Gasteiger partial charge is 0.274 e. The zero-order valence-corrected chi connectivity index (χ0v) is 15.9. The number of carbonyl (C=O) groups is 1. The number of hydrogen-bond acceptors (Lipinski definition) is 5. The van der Waals surface area contributed by atoms with E-state index in [0.717, 1.165) is 16.9 Å². The Bertz CT molecular complexity index is 951. The number of nitrogens with zero attached hydrogens (tertiary/aromatic N) is 3. The molecule has 1 amide bonds. The molecule has 3 rings (SSSR count). The number of benzene rings is 2. The van der Waals surface area contributed by atoms with Crippen molar-refractivity contribution in [3.63, 3.8) is 0 Å². The maximum atomic E-state index is 12.5. The van der Waals surface area contributed by atoms with Crippen molar-refractivity contribution in [2.24, 2.45) is 0 Å². The summed E-state index contributed by atoms with van der Waals surface area (Å²) in [5, 5.41) is 6.04. The van der Waals surface area contributed by atoms with Crippen molar-refractivity contribution < 1.29 is 4.79 Å². The predicted molar refractivity (Wildman–Crippen MR) is 110 cm³/mol. The molecule has 2 N–H and O–H groups in total. The number of hydrogen-bond donors (Lipinski definition) is 2. The van der Waals surface area contributed by atoms with Crippen LogP contribution in [0.25, 0.3) is 0 Å². The topological polar surface area (TPSA) is 70.2 Å². The van der Waals surface area contributed by atoms with Crippen LogP contribution < -0.4 is 15.5 Å². The van der Waals surface area contributed by atoms with Crippen molar-refractivity contribution in [3.05, 3.63) is 71.5 Å². The first-order chi connectivity index (χ1) is 12.9. The maximum Gasteiger partial charge on any atom is 0.274 e. The first kappa shape index (κ1) is 18.4. The molecule has 0 bridgehead atoms. The van der Waals surface area contributed by atoms with E-state index in [4.69, 9.17) is 0 Å². The molecule has 0 saturated carbocycles. The fourth-order valence-corrected chi connectivity index (χ4v) is 2.59. The second-order valence-corrected chi connectivity index (χ2v) is 6.53. The van der Waals surface area contributed by atoms with E-state index in [2.05, 4.69) is 20.6 Å². The van der Waals surface area contributed by atoms with E-state index in [-0.39, 0.29) is 5.91 Å². The van der Waals surface area contributed by atoms with E-state index in [1.54, 1.807) is 12.3 Å². The van der Waals surface area contributed by atoms with Crippen molar-refractivity contribution in [1.29, 1.82) is 0 Å². The van der Waals surface area contributed by atoms with Crippen LogP contribution in [0.1, 0.15) is 21.6 Å². The fourth-order valence-electron chi connectivity index (χ4n) is 2.59. The van der Waals surface area contributed by atoms with Gasteiger partial charge in [0.2, 0.25) is 5.95 Å². The monoisotopic (exact) mass is 361 g/mol. The van der Waals surface area contributed by atoms with Crippen molar-refractivity contribution in [2.45, 2.75) is 13.8 Å². The molecule has 0 aliphatic rings. The van der Waals surface area contributed by atoms with Crippen LogP contribution in [0.3, 0.4) is 0 Å². The van der Waals surface area contributed by atoms with Crippen LogP contribution in [0.5, 0.6) is 0 Å². The summed E-state index contributed by atoms with van der Waals surface area (Å²) in [7, 11) is 3.94. The number of rotatable bonds is 5. The fraction of sp³-hybridized carbons (Fsp3) is 0.190. The average Bonchev–Trinajstić information content (AvgIpc) is 2.66. The highest BCUT2D eigenvalue weighted by atomic mass is 16.1. The second-order valence-electron chi connectivity index (χ2n) is 6.53. The van der Waals surface area contributed by atoms with E-state index in [1.807, 2.05) is 75.3 Å². The van der Waals surface area contributed by atoms with E-state index >= 15 is 0 Å². The molecule has 0 saturated heterocycles. The number of carbonyl (C=O) groups excluding carboxylic acids is 1. The van der Waals surface area contributed by atoms with Gasteiger partial charge in [-0.3, -0.25) is 4.79 Å². The Morgan fingerprint density at radius 2 is 1.74 bits per heavy atom. The summed E-state index contributed by atoms with van der Waals surface area (Å²) in [5.41, 5.74) is 5.30. The molecule has 2 aromatic carbocycles. The van der Waals surface area contributed by atoms with Gasteiger partial charge in [0, 0.05) is 37.4 Å². The van der Waals surface area contributed by atoms with Gasteiger partial charge >= 0.3 is 0 Å². The number of anilines is 4. The number of aromatic nitrogens is 2. The highest BCUT2D eigenvalue weighted by Gasteiger charge is 2.10. The van der Waals surface area contributed by atoms with E-state index in [9.17, 15) is 4.79 Å². The van der Waals surface area contributed by atoms with Gasteiger partial charge in [-0.25, -0.2) is 9.97 Å². The van der Waals surface area contributed by atoms with E-state index in [1.165, 1.54) is 5.56 Å². The minimum atomic E-state index is -0.279. The molecular weight excluding hydrogens is 338 g/mol. The standard InChI is InChI=1S/C21H23N5O/c1-14-6-5-7-18(15(14)2)24-21-22-13-12-19(25-21)20(27)23-16-8-10-17(11-9-16)26(3)4/h5-13H,1-4H3,(H,23,27)(H,22,24,25). The zero-order chi connectivity index (χ0) is 19.4. The molecular formula is C21H23N5O. The lowest BCUT2D eigenvalue weighted by atomic mass is 10.1. The van der Waals surface area contributed by atoms with Crippen LogP contribution >= 0.6 is 0 Å². The predicted octanol–water partition coefficient (Wildman–Crippen LogP) is 4.16. The van der Waals surface area contributed by atoms with Crippen LogP contribution in [0, 0.1) is 13.8 Å². The Balaban J connectivity index is 1.74. The molecule has 0 spiro atoms.